The topological polar surface area (TPSA) is 60.2 Å². The molecule has 0 aromatic heterocycles. The third-order valence-electron chi connectivity index (χ3n) is 4.21. The number of rotatable bonds is 6. The summed E-state index contributed by atoms with van der Waals surface area (Å²) in [6.45, 7) is 0. The maximum absolute atomic E-state index is 12.8. The van der Waals surface area contributed by atoms with E-state index >= 15 is 0 Å². The maximum atomic E-state index is 12.8. The number of benzene rings is 3. The lowest BCUT2D eigenvalue weighted by molar-refractivity contribution is -0.384. The van der Waals surface area contributed by atoms with Crippen molar-refractivity contribution in [2.75, 3.05) is 0 Å². The first-order chi connectivity index (χ1) is 13.0. The summed E-state index contributed by atoms with van der Waals surface area (Å²) in [6, 6.07) is 23.6. The lowest BCUT2D eigenvalue weighted by Gasteiger charge is -2.16. The largest absolute Gasteiger partial charge is 0.293 e. The molecule has 6 heteroatoms. The number of nitro groups is 1. The summed E-state index contributed by atoms with van der Waals surface area (Å²) in [6.07, 6.45) is 0. The highest BCUT2D eigenvalue weighted by Gasteiger charge is 2.26. The quantitative estimate of drug-likeness (QED) is 0.176. The number of ketones is 1. The molecule has 2 atom stereocenters. The van der Waals surface area contributed by atoms with E-state index < -0.39 is 9.75 Å². The average molecular weight is 489 g/mol. The van der Waals surface area contributed by atoms with Gasteiger partial charge in [0.2, 0.25) is 0 Å². The number of nitrogens with zero attached hydrogens (tertiary/aromatic N) is 1. The first-order valence-electron chi connectivity index (χ1n) is 8.19. The molecule has 4 nitrogen and oxygen atoms in total. The first-order valence-corrected chi connectivity index (χ1v) is 10.0. The molecule has 0 N–H and O–H groups in total. The summed E-state index contributed by atoms with van der Waals surface area (Å²) >= 11 is 6.99. The molecule has 0 aliphatic heterocycles. The van der Waals surface area contributed by atoms with Gasteiger partial charge >= 0.3 is 0 Å². The van der Waals surface area contributed by atoms with Gasteiger partial charge in [-0.3, -0.25) is 14.9 Å². The van der Waals surface area contributed by atoms with Gasteiger partial charge < -0.3 is 0 Å². The molecule has 3 rings (SSSR count). The Balaban J connectivity index is 1.75. The van der Waals surface area contributed by atoms with Crippen LogP contribution < -0.4 is 0 Å². The first kappa shape index (κ1) is 19.5. The van der Waals surface area contributed by atoms with Crippen molar-refractivity contribution in [3.05, 3.63) is 100 Å². The van der Waals surface area contributed by atoms with Gasteiger partial charge in [-0.05, 0) is 16.7 Å². The van der Waals surface area contributed by atoms with E-state index in [1.54, 1.807) is 12.1 Å². The number of halogens is 2. The summed E-state index contributed by atoms with van der Waals surface area (Å²) in [4.78, 5) is 22.3. The Morgan fingerprint density at radius 2 is 1.37 bits per heavy atom. The number of non-ortho nitro benzene ring substituents is 1. The van der Waals surface area contributed by atoms with Gasteiger partial charge in [0.15, 0.2) is 5.78 Å². The standard InChI is InChI=1S/C21H15Br2NO3/c22-19(16-10-12-18(13-11-16)24(26)27)20(23)21(25)17-8-6-15(7-9-17)14-4-2-1-3-5-14/h1-13,19-20H/t19-,20-/m1/s1. The number of carbonyl (C=O) groups excluding carboxylic acids is 1. The molecular formula is C21H15Br2NO3. The fraction of sp³-hybridized carbons (Fsp3) is 0.0952. The molecule has 0 amide bonds. The highest BCUT2D eigenvalue weighted by Crippen LogP contribution is 2.34. The Kier molecular flexibility index (Phi) is 6.19. The molecule has 0 saturated heterocycles. The number of carbonyl (C=O) groups is 1. The number of alkyl halides is 2. The van der Waals surface area contributed by atoms with Crippen LogP contribution in [0.5, 0.6) is 0 Å². The van der Waals surface area contributed by atoms with Crippen LogP contribution in [0.15, 0.2) is 78.9 Å². The predicted molar refractivity (Wildman–Crippen MR) is 114 cm³/mol. The summed E-state index contributed by atoms with van der Waals surface area (Å²) in [7, 11) is 0. The van der Waals surface area contributed by atoms with Gasteiger partial charge in [-0.1, -0.05) is 98.6 Å². The molecule has 0 bridgehead atoms. The maximum Gasteiger partial charge on any atom is 0.269 e. The third-order valence-corrected chi connectivity index (χ3v) is 6.92. The van der Waals surface area contributed by atoms with Crippen LogP contribution >= 0.6 is 31.9 Å². The van der Waals surface area contributed by atoms with Gasteiger partial charge in [-0.25, -0.2) is 0 Å². The summed E-state index contributed by atoms with van der Waals surface area (Å²) in [5.74, 6) is -0.0603. The molecule has 0 spiro atoms. The van der Waals surface area contributed by atoms with E-state index in [0.29, 0.717) is 5.56 Å². The Labute approximate surface area is 173 Å². The van der Waals surface area contributed by atoms with Crippen molar-refractivity contribution in [2.45, 2.75) is 9.65 Å². The number of Topliss-reactive ketones (excluding diaryl/α,β-unsaturated/α-hetero) is 1. The molecule has 0 aliphatic carbocycles. The summed E-state index contributed by atoms with van der Waals surface area (Å²) in [5.41, 5.74) is 3.55. The van der Waals surface area contributed by atoms with Crippen LogP contribution in [0.2, 0.25) is 0 Å². The van der Waals surface area contributed by atoms with Crippen molar-refractivity contribution in [3.8, 4) is 11.1 Å². The zero-order chi connectivity index (χ0) is 19.4. The molecule has 0 aliphatic rings. The van der Waals surface area contributed by atoms with Gasteiger partial charge in [-0.2, -0.15) is 0 Å². The zero-order valence-electron chi connectivity index (χ0n) is 14.1. The van der Waals surface area contributed by atoms with Crippen molar-refractivity contribution in [1.29, 1.82) is 0 Å². The monoisotopic (exact) mass is 487 g/mol. The lowest BCUT2D eigenvalue weighted by Crippen LogP contribution is -2.19. The molecule has 3 aromatic rings. The molecule has 0 saturated carbocycles. The van der Waals surface area contributed by atoms with Gasteiger partial charge in [-0.15, -0.1) is 0 Å². The fourth-order valence-corrected chi connectivity index (χ4v) is 3.81. The Bertz CT molecular complexity index is 941. The van der Waals surface area contributed by atoms with Crippen LogP contribution in [0.1, 0.15) is 20.7 Å². The van der Waals surface area contributed by atoms with E-state index in [9.17, 15) is 14.9 Å². The van der Waals surface area contributed by atoms with Crippen molar-refractivity contribution in [3.63, 3.8) is 0 Å². The van der Waals surface area contributed by atoms with Gasteiger partial charge in [0.25, 0.3) is 5.69 Å². The third kappa shape index (κ3) is 4.51. The molecule has 3 aromatic carbocycles. The Hall–Kier alpha value is -2.31. The normalized spacial score (nSPS) is 13.0. The van der Waals surface area contributed by atoms with Crippen molar-refractivity contribution < 1.29 is 9.72 Å². The molecule has 27 heavy (non-hydrogen) atoms. The van der Waals surface area contributed by atoms with Gasteiger partial charge in [0.1, 0.15) is 0 Å². The number of hydrogen-bond donors (Lipinski definition) is 0. The van der Waals surface area contributed by atoms with Crippen LogP contribution in [-0.4, -0.2) is 15.5 Å². The van der Waals surface area contributed by atoms with Gasteiger partial charge in [0.05, 0.1) is 14.6 Å². The van der Waals surface area contributed by atoms with Crippen LogP contribution in [0.4, 0.5) is 5.69 Å². The Morgan fingerprint density at radius 3 is 1.93 bits per heavy atom. The fourth-order valence-electron chi connectivity index (χ4n) is 2.70. The average Bonchev–Trinajstić information content (AvgIpc) is 2.73. The molecule has 0 radical (unpaired) electrons. The van der Waals surface area contributed by atoms with Crippen LogP contribution in [-0.2, 0) is 0 Å². The minimum absolute atomic E-state index is 0.0207. The number of hydrogen-bond acceptors (Lipinski definition) is 3. The second-order valence-electron chi connectivity index (χ2n) is 5.96. The van der Waals surface area contributed by atoms with E-state index in [-0.39, 0.29) is 16.3 Å². The van der Waals surface area contributed by atoms with Crippen LogP contribution in [0.25, 0.3) is 11.1 Å². The minimum atomic E-state index is -0.499. The van der Waals surface area contributed by atoms with Crippen molar-refractivity contribution in [2.24, 2.45) is 0 Å². The lowest BCUT2D eigenvalue weighted by atomic mass is 9.99. The Morgan fingerprint density at radius 1 is 0.815 bits per heavy atom. The highest BCUT2D eigenvalue weighted by atomic mass is 79.9. The van der Waals surface area contributed by atoms with E-state index in [1.165, 1.54) is 12.1 Å². The molecule has 0 heterocycles. The van der Waals surface area contributed by atoms with E-state index in [2.05, 4.69) is 31.9 Å². The molecular weight excluding hydrogens is 474 g/mol. The summed E-state index contributed by atoms with van der Waals surface area (Å²) < 4.78 is 0. The smallest absolute Gasteiger partial charge is 0.269 e. The molecule has 0 fully saturated rings. The molecule has 136 valence electrons. The second-order valence-corrected chi connectivity index (χ2v) is 7.93. The SMILES string of the molecule is O=C(c1ccc(-c2ccccc2)cc1)[C@H](Br)[C@H](Br)c1ccc([N+](=O)[O-])cc1. The summed E-state index contributed by atoms with van der Waals surface area (Å²) in [5, 5.41) is 10.8. The minimum Gasteiger partial charge on any atom is -0.293 e. The van der Waals surface area contributed by atoms with Crippen LogP contribution in [0, 0.1) is 10.1 Å². The zero-order valence-corrected chi connectivity index (χ0v) is 17.3. The van der Waals surface area contributed by atoms with Gasteiger partial charge in [0, 0.05) is 17.7 Å². The predicted octanol–water partition coefficient (Wildman–Crippen LogP) is 6.34. The van der Waals surface area contributed by atoms with Crippen molar-refractivity contribution >= 4 is 43.3 Å². The van der Waals surface area contributed by atoms with Crippen molar-refractivity contribution in [1.82, 2.24) is 0 Å². The highest BCUT2D eigenvalue weighted by molar-refractivity contribution is 9.12. The van der Waals surface area contributed by atoms with E-state index in [1.807, 2.05) is 54.6 Å². The second kappa shape index (κ2) is 8.59. The van der Waals surface area contributed by atoms with E-state index in [4.69, 9.17) is 0 Å². The number of nitro benzene ring substituents is 1. The molecule has 0 unspecified atom stereocenters. The van der Waals surface area contributed by atoms with Crippen LogP contribution in [0.3, 0.4) is 0 Å². The van der Waals surface area contributed by atoms with E-state index in [0.717, 1.165) is 16.7 Å².